The zero-order chi connectivity index (χ0) is 14.7. The van der Waals surface area contributed by atoms with E-state index in [0.29, 0.717) is 11.9 Å². The number of nitrogens with zero attached hydrogens (tertiary/aromatic N) is 3. The van der Waals surface area contributed by atoms with Gasteiger partial charge in [0.15, 0.2) is 0 Å². The van der Waals surface area contributed by atoms with Crippen LogP contribution in [-0.4, -0.2) is 55.3 Å². The highest BCUT2D eigenvalue weighted by atomic mass is 35.5. The molecule has 5 heteroatoms. The molecule has 2 fully saturated rings. The number of aryl methyl sites for hydroxylation is 1. The fourth-order valence-electron chi connectivity index (χ4n) is 3.24. The van der Waals surface area contributed by atoms with E-state index in [4.69, 9.17) is 21.3 Å². The van der Waals surface area contributed by atoms with Gasteiger partial charge in [-0.05, 0) is 30.5 Å². The van der Waals surface area contributed by atoms with Crippen molar-refractivity contribution in [2.24, 2.45) is 0 Å². The molecule has 116 valence electrons. The molecule has 3 rings (SSSR count). The third-order valence-corrected chi connectivity index (χ3v) is 4.80. The molecule has 0 saturated carbocycles. The first-order valence-corrected chi connectivity index (χ1v) is 8.46. The van der Waals surface area contributed by atoms with E-state index < -0.39 is 0 Å². The van der Waals surface area contributed by atoms with Gasteiger partial charge in [0.1, 0.15) is 5.82 Å². The standard InChI is InChI=1S/C16H24ClN3O/c1-2-14-9-13(11-17)10-16(18-14)20-4-3-15(12-20)19-5-7-21-8-6-19/h9-10,15H,2-8,11-12H2,1H3. The van der Waals surface area contributed by atoms with Gasteiger partial charge >= 0.3 is 0 Å². The summed E-state index contributed by atoms with van der Waals surface area (Å²) < 4.78 is 5.45. The van der Waals surface area contributed by atoms with Crippen LogP contribution in [0, 0.1) is 0 Å². The second-order valence-corrected chi connectivity index (χ2v) is 6.12. The van der Waals surface area contributed by atoms with Crippen molar-refractivity contribution < 1.29 is 4.74 Å². The summed E-state index contributed by atoms with van der Waals surface area (Å²) in [7, 11) is 0. The minimum atomic E-state index is 0.559. The van der Waals surface area contributed by atoms with Gasteiger partial charge in [0.05, 0.1) is 13.2 Å². The van der Waals surface area contributed by atoms with Gasteiger partial charge in [-0.3, -0.25) is 4.90 Å². The first-order valence-electron chi connectivity index (χ1n) is 7.92. The fourth-order valence-corrected chi connectivity index (χ4v) is 3.40. The SMILES string of the molecule is CCc1cc(CCl)cc(N2CCC(N3CCOCC3)C2)n1. The molecule has 1 aromatic rings. The number of pyridine rings is 1. The van der Waals surface area contributed by atoms with Gasteiger partial charge in [-0.1, -0.05) is 6.92 Å². The molecule has 2 saturated heterocycles. The Hall–Kier alpha value is -0.840. The van der Waals surface area contributed by atoms with Crippen LogP contribution in [0.5, 0.6) is 0 Å². The van der Waals surface area contributed by atoms with Crippen LogP contribution in [0.15, 0.2) is 12.1 Å². The molecule has 0 spiro atoms. The predicted molar refractivity (Wildman–Crippen MR) is 86.2 cm³/mol. The Bertz CT molecular complexity index is 454. The van der Waals surface area contributed by atoms with Crippen LogP contribution >= 0.6 is 11.6 Å². The number of ether oxygens (including phenoxy) is 1. The molecule has 0 aromatic carbocycles. The number of hydrogen-bond donors (Lipinski definition) is 0. The van der Waals surface area contributed by atoms with Crippen molar-refractivity contribution in [3.05, 3.63) is 23.4 Å². The van der Waals surface area contributed by atoms with E-state index >= 15 is 0 Å². The maximum Gasteiger partial charge on any atom is 0.129 e. The first-order chi connectivity index (χ1) is 10.3. The molecular weight excluding hydrogens is 286 g/mol. The van der Waals surface area contributed by atoms with Crippen molar-refractivity contribution in [3.63, 3.8) is 0 Å². The molecule has 3 heterocycles. The van der Waals surface area contributed by atoms with Gasteiger partial charge < -0.3 is 9.64 Å². The van der Waals surface area contributed by atoms with Crippen molar-refractivity contribution >= 4 is 17.4 Å². The third kappa shape index (κ3) is 3.50. The molecule has 0 aliphatic carbocycles. The van der Waals surface area contributed by atoms with Crippen molar-refractivity contribution in [2.45, 2.75) is 31.7 Å². The van der Waals surface area contributed by atoms with Crippen molar-refractivity contribution in [1.82, 2.24) is 9.88 Å². The number of morpholine rings is 1. The molecule has 2 aliphatic rings. The molecule has 1 atom stereocenters. The van der Waals surface area contributed by atoms with Crippen molar-refractivity contribution in [2.75, 3.05) is 44.3 Å². The largest absolute Gasteiger partial charge is 0.379 e. The van der Waals surface area contributed by atoms with Crippen LogP contribution in [-0.2, 0) is 17.0 Å². The Labute approximate surface area is 132 Å². The van der Waals surface area contributed by atoms with E-state index in [2.05, 4.69) is 28.9 Å². The molecule has 4 nitrogen and oxygen atoms in total. The molecule has 0 radical (unpaired) electrons. The smallest absolute Gasteiger partial charge is 0.129 e. The average molecular weight is 310 g/mol. The summed E-state index contributed by atoms with van der Waals surface area (Å²) in [4.78, 5) is 9.76. The van der Waals surface area contributed by atoms with E-state index in [9.17, 15) is 0 Å². The zero-order valence-electron chi connectivity index (χ0n) is 12.7. The average Bonchev–Trinajstić information content (AvgIpc) is 3.05. The molecule has 0 bridgehead atoms. The monoisotopic (exact) mass is 309 g/mol. The Morgan fingerprint density at radius 3 is 2.81 bits per heavy atom. The maximum absolute atomic E-state index is 6.02. The summed E-state index contributed by atoms with van der Waals surface area (Å²) >= 11 is 6.02. The second-order valence-electron chi connectivity index (χ2n) is 5.85. The summed E-state index contributed by atoms with van der Waals surface area (Å²) in [5.74, 6) is 1.66. The summed E-state index contributed by atoms with van der Waals surface area (Å²) in [6.45, 7) is 8.17. The van der Waals surface area contributed by atoms with Crippen LogP contribution in [0.25, 0.3) is 0 Å². The fraction of sp³-hybridized carbons (Fsp3) is 0.688. The number of rotatable bonds is 4. The lowest BCUT2D eigenvalue weighted by Crippen LogP contribution is -2.44. The molecule has 1 aromatic heterocycles. The topological polar surface area (TPSA) is 28.6 Å². The van der Waals surface area contributed by atoms with E-state index in [1.54, 1.807) is 0 Å². The Morgan fingerprint density at radius 2 is 2.10 bits per heavy atom. The van der Waals surface area contributed by atoms with E-state index in [1.165, 1.54) is 12.0 Å². The Balaban J connectivity index is 1.70. The van der Waals surface area contributed by atoms with E-state index in [0.717, 1.165) is 57.3 Å². The minimum Gasteiger partial charge on any atom is -0.379 e. The predicted octanol–water partition coefficient (Wildman–Crippen LogP) is 2.29. The van der Waals surface area contributed by atoms with Crippen LogP contribution in [0.3, 0.4) is 0 Å². The highest BCUT2D eigenvalue weighted by Gasteiger charge is 2.29. The lowest BCUT2D eigenvalue weighted by atomic mass is 10.2. The molecule has 0 N–H and O–H groups in total. The van der Waals surface area contributed by atoms with Crippen molar-refractivity contribution in [3.8, 4) is 0 Å². The summed E-state index contributed by atoms with van der Waals surface area (Å²) in [5.41, 5.74) is 2.31. The van der Waals surface area contributed by atoms with Gasteiger partial charge in [-0.15, -0.1) is 11.6 Å². The van der Waals surface area contributed by atoms with E-state index in [-0.39, 0.29) is 0 Å². The lowest BCUT2D eigenvalue weighted by Gasteiger charge is -2.32. The normalized spacial score (nSPS) is 23.7. The number of hydrogen-bond acceptors (Lipinski definition) is 4. The van der Waals surface area contributed by atoms with Gasteiger partial charge in [-0.2, -0.15) is 0 Å². The van der Waals surface area contributed by atoms with Gasteiger partial charge in [0.2, 0.25) is 0 Å². The number of anilines is 1. The number of aromatic nitrogens is 1. The van der Waals surface area contributed by atoms with Gasteiger partial charge in [0, 0.05) is 43.8 Å². The third-order valence-electron chi connectivity index (χ3n) is 4.49. The molecular formula is C16H24ClN3O. The van der Waals surface area contributed by atoms with Gasteiger partial charge in [0.25, 0.3) is 0 Å². The number of halogens is 1. The van der Waals surface area contributed by atoms with Gasteiger partial charge in [-0.25, -0.2) is 4.98 Å². The molecule has 0 amide bonds. The highest BCUT2D eigenvalue weighted by molar-refractivity contribution is 6.17. The Morgan fingerprint density at radius 1 is 1.29 bits per heavy atom. The summed E-state index contributed by atoms with van der Waals surface area (Å²) in [5, 5.41) is 0. The molecule has 1 unspecified atom stereocenters. The van der Waals surface area contributed by atoms with Crippen LogP contribution in [0.1, 0.15) is 24.6 Å². The van der Waals surface area contributed by atoms with Crippen molar-refractivity contribution in [1.29, 1.82) is 0 Å². The second kappa shape index (κ2) is 6.95. The summed E-state index contributed by atoms with van der Waals surface area (Å²) in [6, 6.07) is 4.90. The minimum absolute atomic E-state index is 0.559. The maximum atomic E-state index is 6.02. The highest BCUT2D eigenvalue weighted by Crippen LogP contribution is 2.24. The first kappa shape index (κ1) is 15.1. The Kier molecular flexibility index (Phi) is 4.99. The molecule has 21 heavy (non-hydrogen) atoms. The number of alkyl halides is 1. The van der Waals surface area contributed by atoms with Crippen LogP contribution in [0.4, 0.5) is 5.82 Å². The summed E-state index contributed by atoms with van der Waals surface area (Å²) in [6.07, 6.45) is 2.17. The van der Waals surface area contributed by atoms with Crippen LogP contribution < -0.4 is 4.90 Å². The zero-order valence-corrected chi connectivity index (χ0v) is 13.5. The van der Waals surface area contributed by atoms with E-state index in [1.807, 2.05) is 0 Å². The lowest BCUT2D eigenvalue weighted by molar-refractivity contribution is 0.0209. The quantitative estimate of drug-likeness (QED) is 0.798. The molecule has 2 aliphatic heterocycles. The van der Waals surface area contributed by atoms with Crippen LogP contribution in [0.2, 0.25) is 0 Å².